The predicted molar refractivity (Wildman–Crippen MR) is 57.8 cm³/mol. The molecule has 0 atom stereocenters. The first kappa shape index (κ1) is 12.5. The number of nitrogens with zero attached hydrogens (tertiary/aromatic N) is 4. The highest BCUT2D eigenvalue weighted by atomic mass is 19.4. The number of rotatable bonds is 2. The van der Waals surface area contributed by atoms with Crippen LogP contribution in [0.25, 0.3) is 0 Å². The molecule has 4 nitrogen and oxygen atoms in total. The standard InChI is InChI=1S/C11H11F3N4/c1-7-3-10(11(12,13)14)17-8(2)9(7)4-18-6-15-5-16-18/h3,5-6H,4H2,1-2H3. The zero-order chi connectivity index (χ0) is 13.3. The topological polar surface area (TPSA) is 43.6 Å². The predicted octanol–water partition coefficient (Wildman–Crippen LogP) is 2.36. The summed E-state index contributed by atoms with van der Waals surface area (Å²) < 4.78 is 39.2. The monoisotopic (exact) mass is 256 g/mol. The van der Waals surface area contributed by atoms with E-state index in [1.54, 1.807) is 18.5 Å². The van der Waals surface area contributed by atoms with Gasteiger partial charge in [0, 0.05) is 5.69 Å². The van der Waals surface area contributed by atoms with E-state index in [2.05, 4.69) is 15.1 Å². The Morgan fingerprint density at radius 3 is 2.50 bits per heavy atom. The number of pyridine rings is 1. The number of aromatic nitrogens is 4. The van der Waals surface area contributed by atoms with Gasteiger partial charge >= 0.3 is 6.18 Å². The molecule has 0 N–H and O–H groups in total. The first-order valence-electron chi connectivity index (χ1n) is 5.24. The number of aryl methyl sites for hydroxylation is 2. The van der Waals surface area contributed by atoms with Crippen LogP contribution in [0.2, 0.25) is 0 Å². The van der Waals surface area contributed by atoms with Gasteiger partial charge < -0.3 is 0 Å². The van der Waals surface area contributed by atoms with E-state index >= 15 is 0 Å². The Bertz CT molecular complexity index is 523. The fraction of sp³-hybridized carbons (Fsp3) is 0.364. The number of alkyl halides is 3. The molecule has 0 aliphatic heterocycles. The average molecular weight is 256 g/mol. The minimum absolute atomic E-state index is 0.359. The zero-order valence-electron chi connectivity index (χ0n) is 9.86. The van der Waals surface area contributed by atoms with Gasteiger partial charge in [-0.05, 0) is 31.0 Å². The summed E-state index contributed by atoms with van der Waals surface area (Å²) in [4.78, 5) is 7.39. The molecule has 2 aromatic heterocycles. The minimum Gasteiger partial charge on any atom is -0.248 e. The van der Waals surface area contributed by atoms with E-state index in [1.807, 2.05) is 0 Å². The van der Waals surface area contributed by atoms with Crippen LogP contribution in [0.5, 0.6) is 0 Å². The van der Waals surface area contributed by atoms with Crippen molar-refractivity contribution in [3.63, 3.8) is 0 Å². The third-order valence-corrected chi connectivity index (χ3v) is 2.63. The van der Waals surface area contributed by atoms with Crippen molar-refractivity contribution in [1.29, 1.82) is 0 Å². The third-order valence-electron chi connectivity index (χ3n) is 2.63. The Hall–Kier alpha value is -1.92. The average Bonchev–Trinajstić information content (AvgIpc) is 2.74. The van der Waals surface area contributed by atoms with E-state index < -0.39 is 11.9 Å². The summed E-state index contributed by atoms with van der Waals surface area (Å²) in [6.07, 6.45) is -1.53. The molecule has 0 radical (unpaired) electrons. The van der Waals surface area contributed by atoms with Gasteiger partial charge in [0.1, 0.15) is 18.3 Å². The lowest BCUT2D eigenvalue weighted by Crippen LogP contribution is -2.13. The van der Waals surface area contributed by atoms with Gasteiger partial charge in [-0.25, -0.2) is 14.6 Å². The molecule has 2 rings (SSSR count). The van der Waals surface area contributed by atoms with Crippen LogP contribution in [-0.2, 0) is 12.7 Å². The van der Waals surface area contributed by atoms with Crippen LogP contribution in [0, 0.1) is 13.8 Å². The summed E-state index contributed by atoms with van der Waals surface area (Å²) in [5.41, 5.74) is 0.775. The molecule has 0 bridgehead atoms. The highest BCUT2D eigenvalue weighted by molar-refractivity contribution is 5.32. The second-order valence-electron chi connectivity index (χ2n) is 3.98. The maximum Gasteiger partial charge on any atom is 0.433 e. The van der Waals surface area contributed by atoms with Gasteiger partial charge in [0.25, 0.3) is 0 Å². The molecule has 0 aromatic carbocycles. The van der Waals surface area contributed by atoms with Gasteiger partial charge in [-0.3, -0.25) is 0 Å². The Labute approximate surface area is 101 Å². The van der Waals surface area contributed by atoms with Crippen LogP contribution < -0.4 is 0 Å². The molecule has 18 heavy (non-hydrogen) atoms. The molecule has 2 aromatic rings. The SMILES string of the molecule is Cc1cc(C(F)(F)F)nc(C)c1Cn1cncn1. The van der Waals surface area contributed by atoms with Crippen molar-refractivity contribution in [2.45, 2.75) is 26.6 Å². The summed E-state index contributed by atoms with van der Waals surface area (Å²) >= 11 is 0. The van der Waals surface area contributed by atoms with Crippen molar-refractivity contribution >= 4 is 0 Å². The lowest BCUT2D eigenvalue weighted by Gasteiger charge is -2.13. The molecule has 0 aliphatic carbocycles. The van der Waals surface area contributed by atoms with Gasteiger partial charge in [-0.1, -0.05) is 0 Å². The fourth-order valence-electron chi connectivity index (χ4n) is 1.72. The Morgan fingerprint density at radius 2 is 2.00 bits per heavy atom. The van der Waals surface area contributed by atoms with Crippen LogP contribution >= 0.6 is 0 Å². The quantitative estimate of drug-likeness (QED) is 0.828. The second-order valence-corrected chi connectivity index (χ2v) is 3.98. The highest BCUT2D eigenvalue weighted by Gasteiger charge is 2.33. The molecule has 0 saturated heterocycles. The fourth-order valence-corrected chi connectivity index (χ4v) is 1.72. The smallest absolute Gasteiger partial charge is 0.248 e. The maximum absolute atomic E-state index is 12.6. The normalized spacial score (nSPS) is 11.8. The largest absolute Gasteiger partial charge is 0.433 e. The van der Waals surface area contributed by atoms with E-state index in [1.165, 1.54) is 12.7 Å². The number of hydrogen-bond acceptors (Lipinski definition) is 3. The van der Waals surface area contributed by atoms with E-state index in [4.69, 9.17) is 0 Å². The third kappa shape index (κ3) is 2.49. The van der Waals surface area contributed by atoms with Crippen molar-refractivity contribution < 1.29 is 13.2 Å². The minimum atomic E-state index is -4.42. The van der Waals surface area contributed by atoms with Crippen LogP contribution in [0.15, 0.2) is 18.7 Å². The molecule has 0 unspecified atom stereocenters. The molecule has 0 aliphatic rings. The van der Waals surface area contributed by atoms with Crippen LogP contribution in [0.3, 0.4) is 0 Å². The lowest BCUT2D eigenvalue weighted by atomic mass is 10.1. The van der Waals surface area contributed by atoms with E-state index in [0.717, 1.165) is 11.6 Å². The van der Waals surface area contributed by atoms with Crippen LogP contribution in [0.4, 0.5) is 13.2 Å². The second kappa shape index (κ2) is 4.40. The maximum atomic E-state index is 12.6. The van der Waals surface area contributed by atoms with Crippen molar-refractivity contribution in [1.82, 2.24) is 19.7 Å². The summed E-state index contributed by atoms with van der Waals surface area (Å²) in [6.45, 7) is 3.56. The molecular formula is C11H11F3N4. The van der Waals surface area contributed by atoms with Crippen LogP contribution in [-0.4, -0.2) is 19.7 Å². The van der Waals surface area contributed by atoms with Gasteiger partial charge in [0.05, 0.1) is 6.54 Å². The number of halogens is 3. The molecule has 7 heteroatoms. The summed E-state index contributed by atoms with van der Waals surface area (Å²) in [6, 6.07) is 1.05. The lowest BCUT2D eigenvalue weighted by molar-refractivity contribution is -0.141. The molecule has 0 fully saturated rings. The molecule has 0 spiro atoms. The zero-order valence-corrected chi connectivity index (χ0v) is 9.86. The summed E-state index contributed by atoms with van der Waals surface area (Å²) in [5.74, 6) is 0. The van der Waals surface area contributed by atoms with Gasteiger partial charge in [0.15, 0.2) is 0 Å². The van der Waals surface area contributed by atoms with E-state index in [0.29, 0.717) is 17.8 Å². The molecular weight excluding hydrogens is 245 g/mol. The Kier molecular flexibility index (Phi) is 3.06. The highest BCUT2D eigenvalue weighted by Crippen LogP contribution is 2.29. The first-order chi connectivity index (χ1) is 8.38. The van der Waals surface area contributed by atoms with Gasteiger partial charge in [-0.2, -0.15) is 18.3 Å². The Morgan fingerprint density at radius 1 is 1.28 bits per heavy atom. The molecule has 2 heterocycles. The summed E-state index contributed by atoms with van der Waals surface area (Å²) in [5, 5.41) is 3.92. The summed E-state index contributed by atoms with van der Waals surface area (Å²) in [7, 11) is 0. The first-order valence-corrected chi connectivity index (χ1v) is 5.24. The molecule has 0 amide bonds. The van der Waals surface area contributed by atoms with Crippen molar-refractivity contribution in [2.75, 3.05) is 0 Å². The van der Waals surface area contributed by atoms with E-state index in [9.17, 15) is 13.2 Å². The van der Waals surface area contributed by atoms with Crippen LogP contribution in [0.1, 0.15) is 22.5 Å². The Balaban J connectivity index is 2.38. The van der Waals surface area contributed by atoms with Crippen molar-refractivity contribution in [2.24, 2.45) is 0 Å². The van der Waals surface area contributed by atoms with E-state index in [-0.39, 0.29) is 0 Å². The van der Waals surface area contributed by atoms with Gasteiger partial charge in [-0.15, -0.1) is 0 Å². The molecule has 96 valence electrons. The van der Waals surface area contributed by atoms with Gasteiger partial charge in [0.2, 0.25) is 0 Å². The number of hydrogen-bond donors (Lipinski definition) is 0. The van der Waals surface area contributed by atoms with Crippen molar-refractivity contribution in [3.8, 4) is 0 Å². The molecule has 0 saturated carbocycles. The van der Waals surface area contributed by atoms with Crippen molar-refractivity contribution in [3.05, 3.63) is 41.2 Å².